The monoisotopic (exact) mass is 345 g/mol. The molecule has 0 bridgehead atoms. The molecule has 6 nitrogen and oxygen atoms in total. The van der Waals surface area contributed by atoms with Gasteiger partial charge in [0, 0.05) is 13.0 Å². The third-order valence-electron chi connectivity index (χ3n) is 5.42. The highest BCUT2D eigenvalue weighted by Gasteiger charge is 2.40. The van der Waals surface area contributed by atoms with Crippen molar-refractivity contribution in [3.05, 3.63) is 29.6 Å². The number of aliphatic hydroxyl groups is 1. The van der Waals surface area contributed by atoms with Gasteiger partial charge in [0.25, 0.3) is 0 Å². The largest absolute Gasteiger partial charge is 0.390 e. The number of benzene rings is 1. The highest BCUT2D eigenvalue weighted by Crippen LogP contribution is 2.30. The topological polar surface area (TPSA) is 59.8 Å². The molecule has 1 unspecified atom stereocenters. The number of imidazole rings is 1. The van der Waals surface area contributed by atoms with E-state index in [1.54, 1.807) is 0 Å². The lowest BCUT2D eigenvalue weighted by Gasteiger charge is -2.39. The maximum atomic E-state index is 10.6. The van der Waals surface area contributed by atoms with Crippen LogP contribution in [0.5, 0.6) is 0 Å². The van der Waals surface area contributed by atoms with Crippen LogP contribution in [-0.4, -0.2) is 64.3 Å². The molecule has 1 N–H and O–H groups in total. The average molecular weight is 345 g/mol. The maximum Gasteiger partial charge on any atom is 0.181 e. The molecule has 0 aliphatic carbocycles. The van der Waals surface area contributed by atoms with Crippen molar-refractivity contribution in [3.63, 3.8) is 0 Å². The fourth-order valence-electron chi connectivity index (χ4n) is 4.00. The SMILES string of the molecule is Cc1cc2ncn(CC(O)CN3CCCC4(C3)OCCO4)c2cc1C. The molecule has 2 aromatic rings. The van der Waals surface area contributed by atoms with Crippen molar-refractivity contribution in [1.82, 2.24) is 14.5 Å². The van der Waals surface area contributed by atoms with Gasteiger partial charge < -0.3 is 19.1 Å². The Morgan fingerprint density at radius 1 is 1.20 bits per heavy atom. The molecule has 0 radical (unpaired) electrons. The Morgan fingerprint density at radius 3 is 2.76 bits per heavy atom. The van der Waals surface area contributed by atoms with E-state index < -0.39 is 11.9 Å². The molecular formula is C19H27N3O3. The number of hydrogen-bond donors (Lipinski definition) is 1. The Bertz CT molecular complexity index is 752. The zero-order chi connectivity index (χ0) is 17.4. The maximum absolute atomic E-state index is 10.6. The van der Waals surface area contributed by atoms with E-state index >= 15 is 0 Å². The number of nitrogens with zero attached hydrogens (tertiary/aromatic N) is 3. The molecule has 1 atom stereocenters. The Morgan fingerprint density at radius 2 is 1.96 bits per heavy atom. The zero-order valence-corrected chi connectivity index (χ0v) is 15.1. The van der Waals surface area contributed by atoms with Gasteiger partial charge in [0.2, 0.25) is 0 Å². The Balaban J connectivity index is 1.42. The van der Waals surface area contributed by atoms with Crippen LogP contribution in [-0.2, 0) is 16.0 Å². The molecule has 2 aliphatic heterocycles. The van der Waals surface area contributed by atoms with Crippen LogP contribution >= 0.6 is 0 Å². The quantitative estimate of drug-likeness (QED) is 0.916. The molecular weight excluding hydrogens is 318 g/mol. The van der Waals surface area contributed by atoms with Gasteiger partial charge in [-0.3, -0.25) is 4.90 Å². The van der Waals surface area contributed by atoms with Crippen molar-refractivity contribution in [2.75, 3.05) is 32.8 Å². The number of likely N-dealkylation sites (tertiary alicyclic amines) is 1. The van der Waals surface area contributed by atoms with Crippen molar-refractivity contribution in [2.45, 2.75) is 45.1 Å². The van der Waals surface area contributed by atoms with Crippen LogP contribution in [0, 0.1) is 13.8 Å². The summed E-state index contributed by atoms with van der Waals surface area (Å²) in [5.74, 6) is -0.436. The molecule has 1 aromatic heterocycles. The lowest BCUT2D eigenvalue weighted by Crippen LogP contribution is -2.51. The molecule has 136 valence electrons. The van der Waals surface area contributed by atoms with Gasteiger partial charge in [-0.25, -0.2) is 4.98 Å². The second kappa shape index (κ2) is 6.68. The van der Waals surface area contributed by atoms with Gasteiger partial charge in [-0.15, -0.1) is 0 Å². The predicted molar refractivity (Wildman–Crippen MR) is 95.5 cm³/mol. The standard InChI is InChI=1S/C19H27N3O3/c1-14-8-17-18(9-15(14)2)22(13-20-17)11-16(23)10-21-5-3-4-19(12-21)24-6-7-25-19/h8-9,13,16,23H,3-7,10-12H2,1-2H3. The predicted octanol–water partition coefficient (Wildman–Crippen LogP) is 1.85. The van der Waals surface area contributed by atoms with Gasteiger partial charge in [-0.2, -0.15) is 0 Å². The summed E-state index contributed by atoms with van der Waals surface area (Å²) in [6.07, 6.45) is 3.37. The van der Waals surface area contributed by atoms with Gasteiger partial charge in [0.05, 0.1) is 49.8 Å². The van der Waals surface area contributed by atoms with Crippen molar-refractivity contribution < 1.29 is 14.6 Å². The van der Waals surface area contributed by atoms with Gasteiger partial charge >= 0.3 is 0 Å². The number of aliphatic hydroxyl groups excluding tert-OH is 1. The van der Waals surface area contributed by atoms with Crippen LogP contribution in [0.3, 0.4) is 0 Å². The van der Waals surface area contributed by atoms with Gasteiger partial charge in [0.15, 0.2) is 5.79 Å². The minimum Gasteiger partial charge on any atom is -0.390 e. The summed E-state index contributed by atoms with van der Waals surface area (Å²) in [4.78, 5) is 6.73. The lowest BCUT2D eigenvalue weighted by molar-refractivity contribution is -0.191. The summed E-state index contributed by atoms with van der Waals surface area (Å²) < 4.78 is 13.7. The van der Waals surface area contributed by atoms with E-state index in [1.165, 1.54) is 11.1 Å². The van der Waals surface area contributed by atoms with E-state index in [0.29, 0.717) is 26.3 Å². The molecule has 1 aromatic carbocycles. The number of ether oxygens (including phenoxy) is 2. The second-order valence-corrected chi connectivity index (χ2v) is 7.42. The second-order valence-electron chi connectivity index (χ2n) is 7.42. The zero-order valence-electron chi connectivity index (χ0n) is 15.1. The van der Waals surface area contributed by atoms with Crippen LogP contribution in [0.25, 0.3) is 11.0 Å². The number of β-amino-alcohol motifs (C(OH)–C–C–N with tert-alkyl or cyclic N) is 1. The first-order valence-corrected chi connectivity index (χ1v) is 9.15. The Hall–Kier alpha value is -1.47. The first kappa shape index (κ1) is 17.0. The average Bonchev–Trinajstić information content (AvgIpc) is 3.16. The highest BCUT2D eigenvalue weighted by molar-refractivity contribution is 5.77. The van der Waals surface area contributed by atoms with Crippen LogP contribution in [0.2, 0.25) is 0 Å². The van der Waals surface area contributed by atoms with E-state index in [9.17, 15) is 5.11 Å². The number of hydrogen-bond acceptors (Lipinski definition) is 5. The molecule has 2 aliphatic rings. The van der Waals surface area contributed by atoms with E-state index in [-0.39, 0.29) is 0 Å². The smallest absolute Gasteiger partial charge is 0.181 e. The van der Waals surface area contributed by atoms with Gasteiger partial charge in [0.1, 0.15) is 0 Å². The number of rotatable bonds is 4. The lowest BCUT2D eigenvalue weighted by atomic mass is 10.0. The molecule has 2 saturated heterocycles. The summed E-state index contributed by atoms with van der Waals surface area (Å²) in [5, 5.41) is 10.6. The van der Waals surface area contributed by atoms with Crippen molar-refractivity contribution in [1.29, 1.82) is 0 Å². The first-order valence-electron chi connectivity index (χ1n) is 9.15. The third-order valence-corrected chi connectivity index (χ3v) is 5.42. The van der Waals surface area contributed by atoms with E-state index in [4.69, 9.17) is 9.47 Å². The Kier molecular flexibility index (Phi) is 4.54. The molecule has 0 saturated carbocycles. The van der Waals surface area contributed by atoms with Crippen molar-refractivity contribution >= 4 is 11.0 Å². The highest BCUT2D eigenvalue weighted by atomic mass is 16.7. The molecule has 3 heterocycles. The number of piperidine rings is 1. The minimum absolute atomic E-state index is 0.436. The van der Waals surface area contributed by atoms with E-state index in [2.05, 4.69) is 40.4 Å². The van der Waals surface area contributed by atoms with Crippen LogP contribution in [0.15, 0.2) is 18.5 Å². The fraction of sp³-hybridized carbons (Fsp3) is 0.632. The molecule has 6 heteroatoms. The van der Waals surface area contributed by atoms with Crippen LogP contribution < -0.4 is 0 Å². The summed E-state index contributed by atoms with van der Waals surface area (Å²) in [5.41, 5.74) is 4.56. The number of fused-ring (bicyclic) bond motifs is 1. The summed E-state index contributed by atoms with van der Waals surface area (Å²) in [6, 6.07) is 4.26. The molecule has 0 amide bonds. The molecule has 1 spiro atoms. The van der Waals surface area contributed by atoms with Gasteiger partial charge in [-0.1, -0.05) is 0 Å². The normalized spacial score (nSPS) is 22.0. The number of aryl methyl sites for hydroxylation is 2. The van der Waals surface area contributed by atoms with E-state index in [1.807, 2.05) is 6.33 Å². The molecule has 2 fully saturated rings. The first-order chi connectivity index (χ1) is 12.0. The van der Waals surface area contributed by atoms with Crippen LogP contribution in [0.4, 0.5) is 0 Å². The fourth-order valence-corrected chi connectivity index (χ4v) is 4.00. The van der Waals surface area contributed by atoms with Gasteiger partial charge in [-0.05, 0) is 50.1 Å². The minimum atomic E-state index is -0.449. The van der Waals surface area contributed by atoms with Crippen molar-refractivity contribution in [2.24, 2.45) is 0 Å². The van der Waals surface area contributed by atoms with E-state index in [0.717, 1.165) is 37.0 Å². The summed E-state index contributed by atoms with van der Waals surface area (Å²) in [7, 11) is 0. The van der Waals surface area contributed by atoms with Crippen molar-refractivity contribution in [3.8, 4) is 0 Å². The van der Waals surface area contributed by atoms with Crippen LogP contribution in [0.1, 0.15) is 24.0 Å². The summed E-state index contributed by atoms with van der Waals surface area (Å²) in [6.45, 7) is 8.45. The summed E-state index contributed by atoms with van der Waals surface area (Å²) >= 11 is 0. The molecule has 4 rings (SSSR count). The Labute approximate surface area is 148 Å². The third kappa shape index (κ3) is 3.44. The molecule has 25 heavy (non-hydrogen) atoms. The number of aromatic nitrogens is 2.